The number of likely N-dealkylation sites (tertiary alicyclic amines) is 1. The first-order valence-electron chi connectivity index (χ1n) is 14.7. The van der Waals surface area contributed by atoms with Crippen LogP contribution in [-0.4, -0.2) is 87.5 Å². The highest BCUT2D eigenvalue weighted by Gasteiger charge is 2.37. The summed E-state index contributed by atoms with van der Waals surface area (Å²) in [6.45, 7) is 3.44. The number of carboxylic acid groups (broad SMARTS) is 1. The molecule has 2 N–H and O–H groups in total. The molecule has 0 bridgehead atoms. The lowest BCUT2D eigenvalue weighted by Crippen LogP contribution is -2.42. The second-order valence-corrected chi connectivity index (χ2v) is 16.3. The topological polar surface area (TPSA) is 147 Å². The van der Waals surface area contributed by atoms with Crippen molar-refractivity contribution in [2.45, 2.75) is 50.3 Å². The van der Waals surface area contributed by atoms with Gasteiger partial charge in [-0.05, 0) is 59.7 Å². The van der Waals surface area contributed by atoms with E-state index < -0.39 is 42.8 Å². The summed E-state index contributed by atoms with van der Waals surface area (Å²) in [7, 11) is -6.71. The number of nitrogens with one attached hydrogen (secondary N) is 1. The number of aliphatic carboxylic acids is 1. The molecular formula is C33H40N2O8S2. The van der Waals surface area contributed by atoms with Crippen molar-refractivity contribution in [3.05, 3.63) is 95.1 Å². The summed E-state index contributed by atoms with van der Waals surface area (Å²) in [5.41, 5.74) is 4.40. The van der Waals surface area contributed by atoms with E-state index in [-0.39, 0.29) is 23.8 Å². The molecule has 3 aromatic rings. The number of hydrogen-bond acceptors (Lipinski definition) is 8. The zero-order valence-electron chi connectivity index (χ0n) is 25.7. The number of carbonyl (C=O) groups is 2. The van der Waals surface area contributed by atoms with Crippen molar-refractivity contribution in [2.24, 2.45) is 0 Å². The van der Waals surface area contributed by atoms with Gasteiger partial charge in [-0.25, -0.2) is 21.6 Å². The predicted molar refractivity (Wildman–Crippen MR) is 173 cm³/mol. The van der Waals surface area contributed by atoms with Gasteiger partial charge in [0.25, 0.3) is 5.91 Å². The van der Waals surface area contributed by atoms with Gasteiger partial charge in [-0.2, -0.15) is 0 Å². The third-order valence-corrected chi connectivity index (χ3v) is 10.6. The number of aryl methyl sites for hydroxylation is 1. The van der Waals surface area contributed by atoms with E-state index in [1.807, 2.05) is 67.6 Å². The first-order valence-corrected chi connectivity index (χ1v) is 18.7. The van der Waals surface area contributed by atoms with Gasteiger partial charge >= 0.3 is 5.97 Å². The molecule has 1 saturated heterocycles. The Labute approximate surface area is 265 Å². The fourth-order valence-corrected chi connectivity index (χ4v) is 7.25. The number of rotatable bonds is 14. The Bertz CT molecular complexity index is 1730. The lowest BCUT2D eigenvalue weighted by Gasteiger charge is -2.25. The van der Waals surface area contributed by atoms with E-state index in [9.17, 15) is 31.5 Å². The highest BCUT2D eigenvalue weighted by atomic mass is 32.2. The van der Waals surface area contributed by atoms with E-state index in [2.05, 4.69) is 10.2 Å². The van der Waals surface area contributed by atoms with Gasteiger partial charge in [0.1, 0.15) is 15.9 Å². The molecule has 0 aromatic heterocycles. The third kappa shape index (κ3) is 9.70. The van der Waals surface area contributed by atoms with Crippen molar-refractivity contribution in [1.29, 1.82) is 0 Å². The van der Waals surface area contributed by atoms with Crippen LogP contribution in [0.1, 0.15) is 39.9 Å². The average Bonchev–Trinajstić information content (AvgIpc) is 3.38. The van der Waals surface area contributed by atoms with Crippen molar-refractivity contribution in [3.8, 4) is 11.1 Å². The molecule has 0 spiro atoms. The Balaban J connectivity index is 1.60. The lowest BCUT2D eigenvalue weighted by atomic mass is 9.93. The van der Waals surface area contributed by atoms with E-state index in [0.717, 1.165) is 28.5 Å². The van der Waals surface area contributed by atoms with Crippen molar-refractivity contribution in [1.82, 2.24) is 10.2 Å². The molecule has 3 atom stereocenters. The van der Waals surface area contributed by atoms with Crippen LogP contribution < -0.4 is 5.32 Å². The summed E-state index contributed by atoms with van der Waals surface area (Å²) in [5.74, 6) is -2.34. The fourth-order valence-electron chi connectivity index (χ4n) is 5.55. The number of amides is 1. The minimum absolute atomic E-state index is 0.135. The van der Waals surface area contributed by atoms with Gasteiger partial charge in [-0.3, -0.25) is 9.69 Å². The third-order valence-electron chi connectivity index (χ3n) is 8.05. The minimum Gasteiger partial charge on any atom is -0.480 e. The van der Waals surface area contributed by atoms with Crippen LogP contribution in [0.3, 0.4) is 0 Å². The van der Waals surface area contributed by atoms with Gasteiger partial charge in [0, 0.05) is 37.2 Å². The number of ether oxygens (including phenoxy) is 1. The van der Waals surface area contributed by atoms with Gasteiger partial charge < -0.3 is 15.2 Å². The second kappa shape index (κ2) is 14.7. The zero-order chi connectivity index (χ0) is 32.8. The fraction of sp³-hybridized carbons (Fsp3) is 0.394. The molecule has 1 aliphatic rings. The van der Waals surface area contributed by atoms with Gasteiger partial charge in [0.2, 0.25) is 0 Å². The molecule has 10 nitrogen and oxygen atoms in total. The number of hydrogen-bond donors (Lipinski definition) is 2. The summed E-state index contributed by atoms with van der Waals surface area (Å²) < 4.78 is 54.3. The van der Waals surface area contributed by atoms with Gasteiger partial charge in [0.05, 0.1) is 24.2 Å². The molecule has 0 saturated carbocycles. The Hall–Kier alpha value is -3.58. The maximum atomic E-state index is 13.5. The van der Waals surface area contributed by atoms with E-state index >= 15 is 0 Å². The Morgan fingerprint density at radius 3 is 2.29 bits per heavy atom. The van der Waals surface area contributed by atoms with Gasteiger partial charge in [0.15, 0.2) is 9.84 Å². The molecule has 0 radical (unpaired) electrons. The van der Waals surface area contributed by atoms with E-state index in [1.54, 1.807) is 12.1 Å². The number of benzene rings is 3. The SMILES string of the molecule is Cc1ccccc1-c1cc(CN2CC(S(C)(=O)=O)CC2COCc2ccccc2)ccc1C(=O)NC(CCS(C)(=O)=O)C(=O)O. The molecule has 3 aromatic carbocycles. The maximum Gasteiger partial charge on any atom is 0.326 e. The largest absolute Gasteiger partial charge is 0.480 e. The summed E-state index contributed by atoms with van der Waals surface area (Å²) >= 11 is 0. The lowest BCUT2D eigenvalue weighted by molar-refractivity contribution is -0.139. The summed E-state index contributed by atoms with van der Waals surface area (Å²) in [4.78, 5) is 27.4. The molecule has 1 heterocycles. The smallest absolute Gasteiger partial charge is 0.326 e. The predicted octanol–water partition coefficient (Wildman–Crippen LogP) is 3.48. The molecular weight excluding hydrogens is 617 g/mol. The minimum atomic E-state index is -3.43. The Morgan fingerprint density at radius 1 is 0.956 bits per heavy atom. The summed E-state index contributed by atoms with van der Waals surface area (Å²) in [5, 5.41) is 11.6. The van der Waals surface area contributed by atoms with Crippen LogP contribution in [-0.2, 0) is 42.4 Å². The summed E-state index contributed by atoms with van der Waals surface area (Å²) in [6.07, 6.45) is 2.46. The van der Waals surface area contributed by atoms with Crippen molar-refractivity contribution >= 4 is 31.6 Å². The standard InChI is InChI=1S/C33H40N2O8S2/c1-23-9-7-8-12-28(23)30-17-25(13-14-29(30)32(36)34-31(33(37)38)15-16-44(2,39)40)19-35-20-27(45(3,41)42)18-26(35)22-43-21-24-10-5-4-6-11-24/h4-14,17,26-27,31H,15-16,18-22H2,1-3H3,(H,34,36)(H,37,38). The molecule has 1 amide bonds. The first kappa shape index (κ1) is 34.3. The van der Waals surface area contributed by atoms with Crippen LogP contribution in [0.2, 0.25) is 0 Å². The Kier molecular flexibility index (Phi) is 11.2. The van der Waals surface area contributed by atoms with Crippen molar-refractivity contribution in [2.75, 3.05) is 31.4 Å². The Morgan fingerprint density at radius 2 is 1.64 bits per heavy atom. The van der Waals surface area contributed by atoms with Crippen LogP contribution >= 0.6 is 0 Å². The van der Waals surface area contributed by atoms with Gasteiger partial charge in [-0.15, -0.1) is 0 Å². The highest BCUT2D eigenvalue weighted by Crippen LogP contribution is 2.31. The van der Waals surface area contributed by atoms with Crippen molar-refractivity contribution < 1.29 is 36.3 Å². The molecule has 45 heavy (non-hydrogen) atoms. The van der Waals surface area contributed by atoms with Crippen LogP contribution in [0.25, 0.3) is 11.1 Å². The normalized spacial score (nSPS) is 18.0. The van der Waals surface area contributed by atoms with Crippen LogP contribution in [0.15, 0.2) is 72.8 Å². The molecule has 1 fully saturated rings. The number of nitrogens with zero attached hydrogens (tertiary/aromatic N) is 1. The van der Waals surface area contributed by atoms with Crippen LogP contribution in [0.4, 0.5) is 0 Å². The molecule has 1 aliphatic heterocycles. The molecule has 242 valence electrons. The first-order chi connectivity index (χ1) is 21.2. The molecule has 0 aliphatic carbocycles. The quantitative estimate of drug-likeness (QED) is 0.266. The number of sulfone groups is 2. The van der Waals surface area contributed by atoms with Gasteiger partial charge in [-0.1, -0.05) is 60.7 Å². The molecule has 4 rings (SSSR count). The van der Waals surface area contributed by atoms with E-state index in [1.165, 1.54) is 6.26 Å². The number of carbonyl (C=O) groups excluding carboxylic acids is 1. The zero-order valence-corrected chi connectivity index (χ0v) is 27.3. The monoisotopic (exact) mass is 656 g/mol. The molecule has 3 unspecified atom stereocenters. The van der Waals surface area contributed by atoms with Crippen LogP contribution in [0, 0.1) is 6.92 Å². The maximum absolute atomic E-state index is 13.5. The van der Waals surface area contributed by atoms with E-state index in [0.29, 0.717) is 38.3 Å². The average molecular weight is 657 g/mol. The number of carboxylic acids is 1. The highest BCUT2D eigenvalue weighted by molar-refractivity contribution is 7.91. The van der Waals surface area contributed by atoms with Crippen LogP contribution in [0.5, 0.6) is 0 Å². The summed E-state index contributed by atoms with van der Waals surface area (Å²) in [6, 6.07) is 21.0. The van der Waals surface area contributed by atoms with E-state index in [4.69, 9.17) is 4.74 Å². The molecule has 12 heteroatoms. The van der Waals surface area contributed by atoms with Crippen molar-refractivity contribution in [3.63, 3.8) is 0 Å². The second-order valence-electron chi connectivity index (χ2n) is 11.7.